The van der Waals surface area contributed by atoms with Gasteiger partial charge in [0.25, 0.3) is 0 Å². The van der Waals surface area contributed by atoms with Gasteiger partial charge in [-0.2, -0.15) is 0 Å². The van der Waals surface area contributed by atoms with Crippen molar-refractivity contribution in [1.29, 1.82) is 0 Å². The van der Waals surface area contributed by atoms with Crippen molar-refractivity contribution in [2.45, 2.75) is 6.04 Å². The molecular weight excluding hydrogens is 291 g/mol. The third kappa shape index (κ3) is 2.96. The summed E-state index contributed by atoms with van der Waals surface area (Å²) in [6.45, 7) is 0. The summed E-state index contributed by atoms with van der Waals surface area (Å²) in [5.74, 6) is 0. The van der Waals surface area contributed by atoms with Gasteiger partial charge in [-0.3, -0.25) is 4.98 Å². The molecule has 1 N–H and O–H groups in total. The molecule has 2 aromatic rings. The van der Waals surface area contributed by atoms with Crippen molar-refractivity contribution in [1.82, 2.24) is 10.3 Å². The third-order valence-corrected chi connectivity index (χ3v) is 3.32. The van der Waals surface area contributed by atoms with E-state index in [0.717, 1.165) is 11.3 Å². The summed E-state index contributed by atoms with van der Waals surface area (Å²) in [6, 6.07) is 9.14. The van der Waals surface area contributed by atoms with Crippen LogP contribution in [0.1, 0.15) is 17.3 Å². The van der Waals surface area contributed by atoms with E-state index < -0.39 is 0 Å². The molecule has 18 heavy (non-hydrogen) atoms. The molecule has 1 aromatic heterocycles. The molecule has 1 atom stereocenters. The fourth-order valence-electron chi connectivity index (χ4n) is 1.78. The third-order valence-electron chi connectivity index (χ3n) is 2.58. The number of pyridine rings is 1. The van der Waals surface area contributed by atoms with E-state index in [2.05, 4.69) is 10.3 Å². The molecule has 0 saturated heterocycles. The van der Waals surface area contributed by atoms with Gasteiger partial charge in [0, 0.05) is 11.2 Å². The van der Waals surface area contributed by atoms with E-state index in [1.165, 1.54) is 0 Å². The van der Waals surface area contributed by atoms with Gasteiger partial charge in [-0.25, -0.2) is 0 Å². The molecule has 94 valence electrons. The van der Waals surface area contributed by atoms with Crippen LogP contribution in [0, 0.1) is 0 Å². The molecule has 1 aromatic carbocycles. The first-order valence-corrected chi connectivity index (χ1v) is 6.49. The minimum absolute atomic E-state index is 0.117. The largest absolute Gasteiger partial charge is 0.308 e. The van der Waals surface area contributed by atoms with Gasteiger partial charge in [-0.15, -0.1) is 0 Å². The van der Waals surface area contributed by atoms with E-state index in [1.807, 2.05) is 31.3 Å². The Labute approximate surface area is 121 Å². The Morgan fingerprint density at radius 2 is 1.89 bits per heavy atom. The molecule has 0 aliphatic heterocycles. The molecule has 0 spiro atoms. The van der Waals surface area contributed by atoms with Crippen molar-refractivity contribution >= 4 is 34.8 Å². The van der Waals surface area contributed by atoms with E-state index in [4.69, 9.17) is 34.8 Å². The molecule has 2 rings (SSSR count). The summed E-state index contributed by atoms with van der Waals surface area (Å²) in [7, 11) is 1.85. The van der Waals surface area contributed by atoms with Crippen molar-refractivity contribution < 1.29 is 0 Å². The monoisotopic (exact) mass is 300 g/mol. The van der Waals surface area contributed by atoms with Crippen molar-refractivity contribution in [2.24, 2.45) is 0 Å². The van der Waals surface area contributed by atoms with Gasteiger partial charge in [0.2, 0.25) is 0 Å². The number of aromatic nitrogens is 1. The molecule has 0 aliphatic carbocycles. The first kappa shape index (κ1) is 13.6. The Bertz CT molecular complexity index is 558. The van der Waals surface area contributed by atoms with Gasteiger partial charge >= 0.3 is 0 Å². The number of benzene rings is 1. The summed E-state index contributed by atoms with van der Waals surface area (Å²) >= 11 is 18.0. The van der Waals surface area contributed by atoms with Gasteiger partial charge < -0.3 is 5.32 Å². The molecule has 2 nitrogen and oxygen atoms in total. The Balaban J connectivity index is 2.45. The molecule has 0 aliphatic rings. The number of hydrogen-bond acceptors (Lipinski definition) is 2. The van der Waals surface area contributed by atoms with Crippen LogP contribution in [0.25, 0.3) is 0 Å². The highest BCUT2D eigenvalue weighted by molar-refractivity contribution is 6.34. The molecule has 0 saturated carbocycles. The highest BCUT2D eigenvalue weighted by atomic mass is 35.5. The fourth-order valence-corrected chi connectivity index (χ4v) is 2.47. The number of nitrogens with zero attached hydrogens (tertiary/aromatic N) is 1. The molecular formula is C13H11Cl3N2. The predicted octanol–water partition coefficient (Wildman–Crippen LogP) is 4.35. The first-order valence-electron chi connectivity index (χ1n) is 5.35. The maximum Gasteiger partial charge on any atom is 0.0805 e. The van der Waals surface area contributed by atoms with Crippen LogP contribution in [0.3, 0.4) is 0 Å². The van der Waals surface area contributed by atoms with Crippen molar-refractivity contribution in [3.63, 3.8) is 0 Å². The van der Waals surface area contributed by atoms with Gasteiger partial charge in [-0.05, 0) is 30.8 Å². The summed E-state index contributed by atoms with van der Waals surface area (Å²) in [4.78, 5) is 4.29. The standard InChI is InChI=1S/C13H11Cl3N2/c1-17-12(8-3-2-4-9(14)5-8)13-11(16)6-10(15)7-18-13/h2-7,12,17H,1H3. The zero-order chi connectivity index (χ0) is 13.1. The Morgan fingerprint density at radius 1 is 1.11 bits per heavy atom. The lowest BCUT2D eigenvalue weighted by molar-refractivity contribution is 0.671. The second-order valence-electron chi connectivity index (χ2n) is 3.80. The van der Waals surface area contributed by atoms with E-state index in [1.54, 1.807) is 12.3 Å². The number of hydrogen-bond donors (Lipinski definition) is 1. The molecule has 5 heteroatoms. The smallest absolute Gasteiger partial charge is 0.0805 e. The van der Waals surface area contributed by atoms with Crippen LogP contribution in [0.4, 0.5) is 0 Å². The summed E-state index contributed by atoms with van der Waals surface area (Å²) in [5, 5.41) is 4.90. The highest BCUT2D eigenvalue weighted by Crippen LogP contribution is 2.29. The maximum absolute atomic E-state index is 6.17. The van der Waals surface area contributed by atoms with Crippen LogP contribution in [-0.4, -0.2) is 12.0 Å². The number of halogens is 3. The van der Waals surface area contributed by atoms with Crippen LogP contribution in [0.15, 0.2) is 36.5 Å². The van der Waals surface area contributed by atoms with Gasteiger partial charge in [-0.1, -0.05) is 46.9 Å². The van der Waals surface area contributed by atoms with Crippen LogP contribution in [0.5, 0.6) is 0 Å². The molecule has 0 bridgehead atoms. The second kappa shape index (κ2) is 5.89. The van der Waals surface area contributed by atoms with Crippen LogP contribution in [-0.2, 0) is 0 Å². The second-order valence-corrected chi connectivity index (χ2v) is 5.08. The summed E-state index contributed by atoms with van der Waals surface area (Å²) in [5.41, 5.74) is 1.73. The van der Waals surface area contributed by atoms with Crippen LogP contribution in [0.2, 0.25) is 15.1 Å². The minimum atomic E-state index is -0.117. The number of nitrogens with one attached hydrogen (secondary N) is 1. The van der Waals surface area contributed by atoms with Gasteiger partial charge in [0.15, 0.2) is 0 Å². The molecule has 0 radical (unpaired) electrons. The van der Waals surface area contributed by atoms with Gasteiger partial charge in [0.05, 0.1) is 21.8 Å². The van der Waals surface area contributed by atoms with Crippen molar-refractivity contribution in [2.75, 3.05) is 7.05 Å². The summed E-state index contributed by atoms with van der Waals surface area (Å²) < 4.78 is 0. The Kier molecular flexibility index (Phi) is 4.46. The first-order chi connectivity index (χ1) is 8.61. The van der Waals surface area contributed by atoms with E-state index in [9.17, 15) is 0 Å². The lowest BCUT2D eigenvalue weighted by Crippen LogP contribution is -2.19. The fraction of sp³-hybridized carbons (Fsp3) is 0.154. The Hall–Kier alpha value is -0.800. The quantitative estimate of drug-likeness (QED) is 0.911. The average molecular weight is 302 g/mol. The normalized spacial score (nSPS) is 12.4. The zero-order valence-corrected chi connectivity index (χ0v) is 11.9. The van der Waals surface area contributed by atoms with E-state index in [-0.39, 0.29) is 6.04 Å². The van der Waals surface area contributed by atoms with Gasteiger partial charge in [0.1, 0.15) is 0 Å². The molecule has 1 unspecified atom stereocenters. The SMILES string of the molecule is CNC(c1cccc(Cl)c1)c1ncc(Cl)cc1Cl. The predicted molar refractivity (Wildman–Crippen MR) is 76.6 cm³/mol. The van der Waals surface area contributed by atoms with Crippen molar-refractivity contribution in [3.8, 4) is 0 Å². The topological polar surface area (TPSA) is 24.9 Å². The molecule has 0 fully saturated rings. The van der Waals surface area contributed by atoms with E-state index in [0.29, 0.717) is 15.1 Å². The minimum Gasteiger partial charge on any atom is -0.308 e. The zero-order valence-electron chi connectivity index (χ0n) is 9.62. The highest BCUT2D eigenvalue weighted by Gasteiger charge is 2.17. The molecule has 0 amide bonds. The van der Waals surface area contributed by atoms with E-state index >= 15 is 0 Å². The van der Waals surface area contributed by atoms with Crippen LogP contribution < -0.4 is 5.32 Å². The average Bonchev–Trinajstić information content (AvgIpc) is 2.33. The van der Waals surface area contributed by atoms with Crippen molar-refractivity contribution in [3.05, 3.63) is 62.9 Å². The lowest BCUT2D eigenvalue weighted by Gasteiger charge is -2.17. The molecule has 1 heterocycles. The number of rotatable bonds is 3. The van der Waals surface area contributed by atoms with Crippen LogP contribution >= 0.6 is 34.8 Å². The lowest BCUT2D eigenvalue weighted by atomic mass is 10.0. The summed E-state index contributed by atoms with van der Waals surface area (Å²) in [6.07, 6.45) is 1.58. The Morgan fingerprint density at radius 3 is 2.50 bits per heavy atom. The maximum atomic E-state index is 6.17.